The Hall–Kier alpha value is -2.57. The minimum atomic E-state index is -0.338. The van der Waals surface area contributed by atoms with Crippen LogP contribution in [0.1, 0.15) is 5.56 Å². The van der Waals surface area contributed by atoms with E-state index < -0.39 is 0 Å². The first-order chi connectivity index (χ1) is 12.2. The number of carbonyl (C=O) groups is 1. The molecule has 2 amide bonds. The van der Waals surface area contributed by atoms with E-state index in [1.165, 1.54) is 7.11 Å². The predicted octanol–water partition coefficient (Wildman–Crippen LogP) is 4.79. The number of benzene rings is 1. The summed E-state index contributed by atoms with van der Waals surface area (Å²) in [5.74, 6) is 0.545. The molecule has 25 heavy (non-hydrogen) atoms. The molecule has 0 aliphatic rings. The summed E-state index contributed by atoms with van der Waals surface area (Å²) in [6, 6.07) is 12.5. The van der Waals surface area contributed by atoms with Gasteiger partial charge in [0, 0.05) is 17.8 Å². The fraction of sp³-hybridized carbons (Fsp3) is 0.111. The number of rotatable bonds is 5. The summed E-state index contributed by atoms with van der Waals surface area (Å²) >= 11 is 7.59. The molecule has 7 heteroatoms. The van der Waals surface area contributed by atoms with Crippen molar-refractivity contribution in [1.29, 1.82) is 0 Å². The van der Waals surface area contributed by atoms with Gasteiger partial charge in [0.2, 0.25) is 0 Å². The number of thiophene rings is 1. The van der Waals surface area contributed by atoms with Crippen molar-refractivity contribution in [2.24, 2.45) is 0 Å². The number of amides is 2. The molecule has 0 radical (unpaired) electrons. The lowest BCUT2D eigenvalue weighted by Gasteiger charge is -2.11. The minimum Gasteiger partial charge on any atom is -0.495 e. The molecule has 0 saturated carbocycles. The molecule has 0 saturated heterocycles. The van der Waals surface area contributed by atoms with Crippen molar-refractivity contribution in [2.45, 2.75) is 6.54 Å². The molecule has 0 atom stereocenters. The largest absolute Gasteiger partial charge is 0.495 e. The third kappa shape index (κ3) is 4.49. The van der Waals surface area contributed by atoms with Crippen LogP contribution in [0, 0.1) is 0 Å². The Kier molecular flexibility index (Phi) is 5.53. The standard InChI is InChI=1S/C18H16ClN3O2S/c1-24-16-5-4-13(19)10-14(16)22-18(23)21-11-12-6-7-20-15(9-12)17-3-2-8-25-17/h2-10H,11H2,1H3,(H2,21,22,23). The lowest BCUT2D eigenvalue weighted by atomic mass is 10.2. The number of aromatic nitrogens is 1. The SMILES string of the molecule is COc1ccc(Cl)cc1NC(=O)NCc1ccnc(-c2cccs2)c1. The van der Waals surface area contributed by atoms with Crippen LogP contribution in [0.25, 0.3) is 10.6 Å². The van der Waals surface area contributed by atoms with Gasteiger partial charge >= 0.3 is 6.03 Å². The van der Waals surface area contributed by atoms with E-state index in [2.05, 4.69) is 15.6 Å². The van der Waals surface area contributed by atoms with E-state index >= 15 is 0 Å². The highest BCUT2D eigenvalue weighted by atomic mass is 35.5. The van der Waals surface area contributed by atoms with Crippen molar-refractivity contribution >= 4 is 34.7 Å². The predicted molar refractivity (Wildman–Crippen MR) is 101 cm³/mol. The Balaban J connectivity index is 1.63. The maximum Gasteiger partial charge on any atom is 0.319 e. The van der Waals surface area contributed by atoms with Gasteiger partial charge in [-0.15, -0.1) is 11.3 Å². The molecule has 0 unspecified atom stereocenters. The van der Waals surface area contributed by atoms with Gasteiger partial charge in [-0.25, -0.2) is 4.79 Å². The van der Waals surface area contributed by atoms with Gasteiger partial charge in [0.05, 0.1) is 23.4 Å². The van der Waals surface area contributed by atoms with Gasteiger partial charge < -0.3 is 15.4 Å². The van der Waals surface area contributed by atoms with Crippen molar-refractivity contribution in [1.82, 2.24) is 10.3 Å². The van der Waals surface area contributed by atoms with E-state index in [4.69, 9.17) is 16.3 Å². The first-order valence-electron chi connectivity index (χ1n) is 7.53. The monoisotopic (exact) mass is 373 g/mol. The lowest BCUT2D eigenvalue weighted by Crippen LogP contribution is -2.28. The molecule has 0 aliphatic carbocycles. The number of carbonyl (C=O) groups excluding carboxylic acids is 1. The molecule has 0 bridgehead atoms. The Morgan fingerprint density at radius 1 is 1.28 bits per heavy atom. The third-order valence-corrected chi connectivity index (χ3v) is 4.59. The lowest BCUT2D eigenvalue weighted by molar-refractivity contribution is 0.251. The summed E-state index contributed by atoms with van der Waals surface area (Å²) in [7, 11) is 1.54. The quantitative estimate of drug-likeness (QED) is 0.675. The average Bonchev–Trinajstić information content (AvgIpc) is 3.15. The Bertz CT molecular complexity index is 869. The summed E-state index contributed by atoms with van der Waals surface area (Å²) in [6.07, 6.45) is 1.74. The summed E-state index contributed by atoms with van der Waals surface area (Å²) in [5.41, 5.74) is 2.37. The molecule has 128 valence electrons. The Morgan fingerprint density at radius 2 is 2.16 bits per heavy atom. The maximum absolute atomic E-state index is 12.1. The second-order valence-electron chi connectivity index (χ2n) is 5.18. The van der Waals surface area contributed by atoms with Gasteiger partial charge in [-0.1, -0.05) is 17.7 Å². The second-order valence-corrected chi connectivity index (χ2v) is 6.56. The van der Waals surface area contributed by atoms with Gasteiger partial charge in [0.1, 0.15) is 5.75 Å². The number of pyridine rings is 1. The summed E-state index contributed by atoms with van der Waals surface area (Å²) < 4.78 is 5.21. The molecule has 3 rings (SSSR count). The van der Waals surface area contributed by atoms with Crippen LogP contribution < -0.4 is 15.4 Å². The Morgan fingerprint density at radius 3 is 2.92 bits per heavy atom. The number of halogens is 1. The van der Waals surface area contributed by atoms with Gasteiger partial charge in [-0.2, -0.15) is 0 Å². The number of hydrogen-bond donors (Lipinski definition) is 2. The highest BCUT2D eigenvalue weighted by molar-refractivity contribution is 7.13. The van der Waals surface area contributed by atoms with Crippen LogP contribution in [0.2, 0.25) is 5.02 Å². The van der Waals surface area contributed by atoms with E-state index in [0.29, 0.717) is 23.0 Å². The molecular formula is C18H16ClN3O2S. The van der Waals surface area contributed by atoms with E-state index in [-0.39, 0.29) is 6.03 Å². The normalized spacial score (nSPS) is 10.3. The fourth-order valence-electron chi connectivity index (χ4n) is 2.27. The number of ether oxygens (including phenoxy) is 1. The molecule has 1 aromatic carbocycles. The van der Waals surface area contributed by atoms with Crippen LogP contribution in [0.4, 0.5) is 10.5 Å². The van der Waals surface area contributed by atoms with Crippen molar-refractivity contribution in [3.8, 4) is 16.3 Å². The number of nitrogens with zero attached hydrogens (tertiary/aromatic N) is 1. The zero-order valence-corrected chi connectivity index (χ0v) is 15.0. The number of nitrogens with one attached hydrogen (secondary N) is 2. The summed E-state index contributed by atoms with van der Waals surface area (Å²) in [5, 5.41) is 8.09. The molecule has 0 spiro atoms. The highest BCUT2D eigenvalue weighted by Gasteiger charge is 2.08. The van der Waals surface area contributed by atoms with Gasteiger partial charge in [0.25, 0.3) is 0 Å². The molecule has 0 fully saturated rings. The van der Waals surface area contributed by atoms with E-state index in [1.54, 1.807) is 35.7 Å². The summed E-state index contributed by atoms with van der Waals surface area (Å²) in [4.78, 5) is 17.6. The molecule has 0 aliphatic heterocycles. The van der Waals surface area contributed by atoms with Gasteiger partial charge in [0.15, 0.2) is 0 Å². The molecule has 2 heterocycles. The van der Waals surface area contributed by atoms with Crippen molar-refractivity contribution in [3.63, 3.8) is 0 Å². The van der Waals surface area contributed by atoms with Gasteiger partial charge in [-0.3, -0.25) is 4.98 Å². The van der Waals surface area contributed by atoms with Crippen LogP contribution in [0.5, 0.6) is 5.75 Å². The van der Waals surface area contributed by atoms with Crippen LogP contribution >= 0.6 is 22.9 Å². The Labute approximate surface area is 154 Å². The molecule has 2 aromatic heterocycles. The van der Waals surface area contributed by atoms with E-state index in [0.717, 1.165) is 16.1 Å². The first-order valence-corrected chi connectivity index (χ1v) is 8.78. The minimum absolute atomic E-state index is 0.338. The van der Waals surface area contributed by atoms with Gasteiger partial charge in [-0.05, 0) is 47.3 Å². The number of hydrogen-bond acceptors (Lipinski definition) is 4. The molecular weight excluding hydrogens is 358 g/mol. The van der Waals surface area contributed by atoms with Crippen LogP contribution in [0.3, 0.4) is 0 Å². The number of urea groups is 1. The van der Waals surface area contributed by atoms with E-state index in [9.17, 15) is 4.79 Å². The highest BCUT2D eigenvalue weighted by Crippen LogP contribution is 2.27. The smallest absolute Gasteiger partial charge is 0.319 e. The zero-order valence-electron chi connectivity index (χ0n) is 13.5. The zero-order chi connectivity index (χ0) is 17.6. The van der Waals surface area contributed by atoms with Crippen LogP contribution in [0.15, 0.2) is 54.0 Å². The topological polar surface area (TPSA) is 63.2 Å². The van der Waals surface area contributed by atoms with Crippen molar-refractivity contribution in [2.75, 3.05) is 12.4 Å². The first kappa shape index (κ1) is 17.3. The fourth-order valence-corrected chi connectivity index (χ4v) is 3.14. The van der Waals surface area contributed by atoms with Crippen LogP contribution in [-0.4, -0.2) is 18.1 Å². The number of methoxy groups -OCH3 is 1. The van der Waals surface area contributed by atoms with Crippen molar-refractivity contribution in [3.05, 3.63) is 64.6 Å². The number of anilines is 1. The van der Waals surface area contributed by atoms with Crippen LogP contribution in [-0.2, 0) is 6.54 Å². The van der Waals surface area contributed by atoms with Crippen molar-refractivity contribution < 1.29 is 9.53 Å². The second kappa shape index (κ2) is 8.00. The molecule has 3 aromatic rings. The molecule has 5 nitrogen and oxygen atoms in total. The summed E-state index contributed by atoms with van der Waals surface area (Å²) in [6.45, 7) is 0.385. The third-order valence-electron chi connectivity index (χ3n) is 3.46. The van der Waals surface area contributed by atoms with E-state index in [1.807, 2.05) is 29.6 Å². The average molecular weight is 374 g/mol. The maximum atomic E-state index is 12.1. The molecule has 2 N–H and O–H groups in total.